The van der Waals surface area contributed by atoms with Crippen LogP contribution in [0, 0.1) is 6.92 Å². The van der Waals surface area contributed by atoms with E-state index in [0.717, 1.165) is 0 Å². The maximum absolute atomic E-state index is 10.1. The summed E-state index contributed by atoms with van der Waals surface area (Å²) in [4.78, 5) is 0. The van der Waals surface area contributed by atoms with Gasteiger partial charge in [0, 0.05) is 5.56 Å². The molecule has 2 rings (SSSR count). The van der Waals surface area contributed by atoms with Crippen LogP contribution in [0.5, 0.6) is 11.5 Å². The highest BCUT2D eigenvalue weighted by Gasteiger charge is 2.08. The van der Waals surface area contributed by atoms with Gasteiger partial charge in [0.2, 0.25) is 5.16 Å². The van der Waals surface area contributed by atoms with Crippen molar-refractivity contribution in [1.82, 2.24) is 14.9 Å². The van der Waals surface area contributed by atoms with Crippen molar-refractivity contribution in [2.75, 3.05) is 12.9 Å². The van der Waals surface area contributed by atoms with E-state index in [0.29, 0.717) is 28.9 Å². The first-order valence-electron chi connectivity index (χ1n) is 6.12. The van der Waals surface area contributed by atoms with Gasteiger partial charge >= 0.3 is 0 Å². The lowest BCUT2D eigenvalue weighted by Gasteiger charge is -2.07. The molecule has 20 heavy (non-hydrogen) atoms. The summed E-state index contributed by atoms with van der Waals surface area (Å²) in [5.41, 5.74) is 0.580. The Labute approximate surface area is 121 Å². The molecule has 0 saturated carbocycles. The molecule has 0 unspecified atom stereocenters. The third kappa shape index (κ3) is 2.93. The molecule has 1 heterocycles. The van der Waals surface area contributed by atoms with Crippen molar-refractivity contribution in [2.24, 2.45) is 5.10 Å². The number of aryl methyl sites for hydroxylation is 1. The van der Waals surface area contributed by atoms with Crippen molar-refractivity contribution in [3.63, 3.8) is 0 Å². The molecule has 0 fully saturated rings. The second-order valence-corrected chi connectivity index (χ2v) is 4.69. The van der Waals surface area contributed by atoms with Crippen molar-refractivity contribution in [3.05, 3.63) is 29.6 Å². The van der Waals surface area contributed by atoms with E-state index in [4.69, 9.17) is 4.74 Å². The molecule has 7 heteroatoms. The van der Waals surface area contributed by atoms with Crippen LogP contribution in [-0.2, 0) is 0 Å². The first kappa shape index (κ1) is 14.4. The average Bonchev–Trinajstić information content (AvgIpc) is 2.80. The fraction of sp³-hybridized carbons (Fsp3) is 0.308. The molecule has 0 saturated heterocycles. The Hall–Kier alpha value is -2.02. The van der Waals surface area contributed by atoms with Crippen LogP contribution in [0.25, 0.3) is 0 Å². The zero-order valence-electron chi connectivity index (χ0n) is 11.6. The van der Waals surface area contributed by atoms with Crippen LogP contribution < -0.4 is 4.74 Å². The molecular formula is C13H16N4O2S. The van der Waals surface area contributed by atoms with Crippen LogP contribution in [0.3, 0.4) is 0 Å². The van der Waals surface area contributed by atoms with Crippen LogP contribution in [0.4, 0.5) is 0 Å². The van der Waals surface area contributed by atoms with Gasteiger partial charge in [-0.15, -0.1) is 10.2 Å². The average molecular weight is 292 g/mol. The van der Waals surface area contributed by atoms with Crippen molar-refractivity contribution in [2.45, 2.75) is 19.0 Å². The van der Waals surface area contributed by atoms with Crippen molar-refractivity contribution in [1.29, 1.82) is 0 Å². The van der Waals surface area contributed by atoms with Crippen LogP contribution in [0.15, 0.2) is 28.5 Å². The molecule has 0 aliphatic heterocycles. The van der Waals surface area contributed by atoms with Crippen molar-refractivity contribution in [3.8, 4) is 11.5 Å². The largest absolute Gasteiger partial charge is 0.504 e. The summed E-state index contributed by atoms with van der Waals surface area (Å²) in [5, 5.41) is 23.0. The summed E-state index contributed by atoms with van der Waals surface area (Å²) in [6.07, 6.45) is 3.47. The summed E-state index contributed by atoms with van der Waals surface area (Å²) < 4.78 is 6.96. The summed E-state index contributed by atoms with van der Waals surface area (Å²) >= 11 is 1.46. The molecule has 0 amide bonds. The standard InChI is InChI=1S/C13H16N4O2S/c1-4-19-11-7-5-6-10(12(11)18)8-14-17-9(2)15-16-13(17)20-3/h5-8,18H,4H2,1-3H3/b14-8-. The number of aromatic nitrogens is 3. The molecule has 1 N–H and O–H groups in total. The highest BCUT2D eigenvalue weighted by atomic mass is 32.2. The van der Waals surface area contributed by atoms with Gasteiger partial charge in [-0.25, -0.2) is 0 Å². The molecule has 1 aromatic heterocycles. The zero-order chi connectivity index (χ0) is 14.5. The lowest BCUT2D eigenvalue weighted by atomic mass is 10.2. The Morgan fingerprint density at radius 2 is 2.25 bits per heavy atom. The first-order chi connectivity index (χ1) is 9.67. The monoisotopic (exact) mass is 292 g/mol. The van der Waals surface area contributed by atoms with Gasteiger partial charge in [-0.3, -0.25) is 0 Å². The topological polar surface area (TPSA) is 72.5 Å². The molecule has 0 aliphatic carbocycles. The quantitative estimate of drug-likeness (QED) is 0.676. The predicted molar refractivity (Wildman–Crippen MR) is 78.8 cm³/mol. The fourth-order valence-corrected chi connectivity index (χ4v) is 2.11. The molecular weight excluding hydrogens is 276 g/mol. The minimum atomic E-state index is 0.0783. The van der Waals surface area contributed by atoms with Gasteiger partial charge in [0.25, 0.3) is 0 Å². The van der Waals surface area contributed by atoms with Gasteiger partial charge in [0.15, 0.2) is 17.3 Å². The maximum Gasteiger partial charge on any atom is 0.211 e. The van der Waals surface area contributed by atoms with Crippen LogP contribution >= 0.6 is 11.8 Å². The van der Waals surface area contributed by atoms with Crippen LogP contribution in [0.1, 0.15) is 18.3 Å². The molecule has 1 aromatic carbocycles. The van der Waals surface area contributed by atoms with E-state index >= 15 is 0 Å². The third-order valence-electron chi connectivity index (χ3n) is 2.59. The molecule has 0 radical (unpaired) electrons. The molecule has 0 bridgehead atoms. The highest BCUT2D eigenvalue weighted by molar-refractivity contribution is 7.98. The van der Waals surface area contributed by atoms with Gasteiger partial charge in [0.1, 0.15) is 0 Å². The normalized spacial score (nSPS) is 11.2. The van der Waals surface area contributed by atoms with E-state index in [9.17, 15) is 5.11 Å². The summed E-state index contributed by atoms with van der Waals surface area (Å²) in [5.74, 6) is 1.21. The number of thioether (sulfide) groups is 1. The number of hydrogen-bond acceptors (Lipinski definition) is 6. The van der Waals surface area contributed by atoms with Gasteiger partial charge in [0.05, 0.1) is 12.8 Å². The SMILES string of the molecule is CCOc1cccc(/C=N\n2c(C)nnc2SC)c1O. The summed E-state index contributed by atoms with van der Waals surface area (Å²) in [6.45, 7) is 4.18. The zero-order valence-corrected chi connectivity index (χ0v) is 12.4. The lowest BCUT2D eigenvalue weighted by molar-refractivity contribution is 0.318. The van der Waals surface area contributed by atoms with Crippen molar-refractivity contribution >= 4 is 18.0 Å². The number of aromatic hydroxyl groups is 1. The van der Waals surface area contributed by atoms with E-state index in [-0.39, 0.29) is 5.75 Å². The maximum atomic E-state index is 10.1. The Balaban J connectivity index is 2.32. The first-order valence-corrected chi connectivity index (χ1v) is 7.35. The van der Waals surface area contributed by atoms with Gasteiger partial charge in [-0.1, -0.05) is 17.8 Å². The molecule has 0 spiro atoms. The molecule has 0 aliphatic rings. The Kier molecular flexibility index (Phi) is 4.62. The lowest BCUT2D eigenvalue weighted by Crippen LogP contribution is -1.97. The Bertz CT molecular complexity index is 625. The smallest absolute Gasteiger partial charge is 0.211 e. The van der Waals surface area contributed by atoms with Gasteiger partial charge < -0.3 is 9.84 Å². The Morgan fingerprint density at radius 1 is 1.45 bits per heavy atom. The van der Waals surface area contributed by atoms with Crippen LogP contribution in [0.2, 0.25) is 0 Å². The Morgan fingerprint density at radius 3 is 2.95 bits per heavy atom. The molecule has 0 atom stereocenters. The summed E-state index contributed by atoms with van der Waals surface area (Å²) in [7, 11) is 0. The van der Waals surface area contributed by atoms with Crippen molar-refractivity contribution < 1.29 is 9.84 Å². The number of rotatable bonds is 5. The molecule has 2 aromatic rings. The minimum absolute atomic E-state index is 0.0783. The highest BCUT2D eigenvalue weighted by Crippen LogP contribution is 2.28. The minimum Gasteiger partial charge on any atom is -0.504 e. The van der Waals surface area contributed by atoms with Gasteiger partial charge in [-0.05, 0) is 32.2 Å². The molecule has 106 valence electrons. The van der Waals surface area contributed by atoms with E-state index in [1.54, 1.807) is 29.1 Å². The number of benzene rings is 1. The third-order valence-corrected chi connectivity index (χ3v) is 3.21. The second kappa shape index (κ2) is 6.42. The van der Waals surface area contributed by atoms with Gasteiger partial charge in [-0.2, -0.15) is 9.78 Å². The number of ether oxygens (including phenoxy) is 1. The predicted octanol–water partition coefficient (Wildman–Crippen LogP) is 2.29. The summed E-state index contributed by atoms with van der Waals surface area (Å²) in [6, 6.07) is 5.29. The number of hydrogen-bond donors (Lipinski definition) is 1. The number of phenols is 1. The van der Waals surface area contributed by atoms with E-state index in [1.165, 1.54) is 11.8 Å². The van der Waals surface area contributed by atoms with E-state index in [2.05, 4.69) is 15.3 Å². The van der Waals surface area contributed by atoms with E-state index < -0.39 is 0 Å². The van der Waals surface area contributed by atoms with E-state index in [1.807, 2.05) is 20.1 Å². The second-order valence-electron chi connectivity index (χ2n) is 3.92. The number of para-hydroxylation sites is 1. The molecule has 6 nitrogen and oxygen atoms in total. The van der Waals surface area contributed by atoms with Crippen LogP contribution in [-0.4, -0.2) is 39.1 Å². The fourth-order valence-electron chi connectivity index (χ4n) is 1.63. The number of phenolic OH excluding ortho intramolecular Hbond substituents is 1. The number of nitrogens with zero attached hydrogens (tertiary/aromatic N) is 4.